The van der Waals surface area contributed by atoms with Crippen LogP contribution in [0.5, 0.6) is 5.88 Å². The van der Waals surface area contributed by atoms with Gasteiger partial charge in [0.05, 0.1) is 26.0 Å². The summed E-state index contributed by atoms with van der Waals surface area (Å²) in [4.78, 5) is 22.9. The molecule has 2 heterocycles. The van der Waals surface area contributed by atoms with Gasteiger partial charge >= 0.3 is 0 Å². The third kappa shape index (κ3) is 5.24. The third-order valence-corrected chi connectivity index (χ3v) is 4.59. The maximum atomic E-state index is 12.3. The zero-order valence-corrected chi connectivity index (χ0v) is 15.9. The van der Waals surface area contributed by atoms with Crippen molar-refractivity contribution in [2.45, 2.75) is 33.0 Å². The van der Waals surface area contributed by atoms with Gasteiger partial charge in [0.15, 0.2) is 0 Å². The molecular formula is C20H26N4O3. The number of aromatic nitrogens is 2. The van der Waals surface area contributed by atoms with E-state index in [4.69, 9.17) is 9.47 Å². The van der Waals surface area contributed by atoms with Crippen LogP contribution in [0.1, 0.15) is 29.3 Å². The average molecular weight is 370 g/mol. The molecule has 0 aliphatic carbocycles. The quantitative estimate of drug-likeness (QED) is 0.762. The molecule has 1 aromatic heterocycles. The van der Waals surface area contributed by atoms with Gasteiger partial charge in [0.1, 0.15) is 6.33 Å². The summed E-state index contributed by atoms with van der Waals surface area (Å²) in [6.07, 6.45) is 2.32. The van der Waals surface area contributed by atoms with Crippen LogP contribution in [0.15, 0.2) is 30.6 Å². The molecule has 0 atom stereocenters. The van der Waals surface area contributed by atoms with Crippen LogP contribution in [0, 0.1) is 0 Å². The van der Waals surface area contributed by atoms with Gasteiger partial charge in [-0.05, 0) is 18.1 Å². The van der Waals surface area contributed by atoms with Gasteiger partial charge in [0.25, 0.3) is 0 Å². The first-order valence-corrected chi connectivity index (χ1v) is 9.21. The number of ether oxygens (including phenoxy) is 2. The molecule has 7 heteroatoms. The summed E-state index contributed by atoms with van der Waals surface area (Å²) >= 11 is 0. The van der Waals surface area contributed by atoms with Crippen LogP contribution in [0.3, 0.4) is 0 Å². The number of methoxy groups -OCH3 is 1. The number of benzene rings is 1. The maximum Gasteiger partial charge on any atom is 0.234 e. The highest BCUT2D eigenvalue weighted by molar-refractivity contribution is 5.78. The predicted octanol–water partition coefficient (Wildman–Crippen LogP) is 1.70. The monoisotopic (exact) mass is 370 g/mol. The van der Waals surface area contributed by atoms with Crippen molar-refractivity contribution < 1.29 is 14.3 Å². The Morgan fingerprint density at radius 1 is 1.22 bits per heavy atom. The topological polar surface area (TPSA) is 76.6 Å². The summed E-state index contributed by atoms with van der Waals surface area (Å²) < 4.78 is 10.7. The molecule has 1 aliphatic heterocycles. The summed E-state index contributed by atoms with van der Waals surface area (Å²) in [7, 11) is 1.61. The van der Waals surface area contributed by atoms with Crippen LogP contribution < -0.4 is 10.1 Å². The molecule has 2 aromatic rings. The van der Waals surface area contributed by atoms with E-state index < -0.39 is 0 Å². The molecule has 1 aromatic carbocycles. The second kappa shape index (κ2) is 9.43. The fourth-order valence-electron chi connectivity index (χ4n) is 3.12. The number of hydrogen-bond donors (Lipinski definition) is 1. The maximum absolute atomic E-state index is 12.3. The molecule has 1 amide bonds. The first-order valence-electron chi connectivity index (χ1n) is 9.21. The second-order valence-corrected chi connectivity index (χ2v) is 6.50. The molecule has 0 saturated heterocycles. The minimum Gasteiger partial charge on any atom is -0.481 e. The molecule has 0 bridgehead atoms. The SMILES string of the molecule is CCOCc1ccc(CNC(=O)CN2CCc3ncnc(OC)c3C2)cc1. The largest absolute Gasteiger partial charge is 0.481 e. The van der Waals surface area contributed by atoms with E-state index in [1.807, 2.05) is 31.2 Å². The standard InChI is InChI=1S/C20H26N4O3/c1-3-27-13-16-6-4-15(5-7-16)10-21-19(25)12-24-9-8-18-17(11-24)20(26-2)23-14-22-18/h4-7,14H,3,8-13H2,1-2H3,(H,21,25). The molecule has 1 N–H and O–H groups in total. The first-order chi connectivity index (χ1) is 13.2. The van der Waals surface area contributed by atoms with Crippen molar-refractivity contribution in [3.63, 3.8) is 0 Å². The third-order valence-electron chi connectivity index (χ3n) is 4.59. The summed E-state index contributed by atoms with van der Waals surface area (Å²) in [5.41, 5.74) is 4.19. The number of carbonyl (C=O) groups excluding carboxylic acids is 1. The lowest BCUT2D eigenvalue weighted by Crippen LogP contribution is -2.40. The Labute approximate surface area is 159 Å². The second-order valence-electron chi connectivity index (χ2n) is 6.50. The predicted molar refractivity (Wildman–Crippen MR) is 101 cm³/mol. The highest BCUT2D eigenvalue weighted by Gasteiger charge is 2.22. The van der Waals surface area contributed by atoms with Gasteiger partial charge in [-0.15, -0.1) is 0 Å². The molecule has 0 spiro atoms. The number of nitrogens with one attached hydrogen (secondary N) is 1. The fourth-order valence-corrected chi connectivity index (χ4v) is 3.12. The number of hydrogen-bond acceptors (Lipinski definition) is 6. The van der Waals surface area contributed by atoms with Gasteiger partial charge in [0, 0.05) is 38.2 Å². The Hall–Kier alpha value is -2.51. The van der Waals surface area contributed by atoms with E-state index in [2.05, 4.69) is 20.2 Å². The van der Waals surface area contributed by atoms with E-state index in [0.29, 0.717) is 38.7 Å². The number of nitrogens with zero attached hydrogens (tertiary/aromatic N) is 3. The van der Waals surface area contributed by atoms with Gasteiger partial charge < -0.3 is 14.8 Å². The van der Waals surface area contributed by atoms with E-state index in [0.717, 1.165) is 35.3 Å². The van der Waals surface area contributed by atoms with Crippen LogP contribution >= 0.6 is 0 Å². The van der Waals surface area contributed by atoms with E-state index in [1.54, 1.807) is 7.11 Å². The molecular weight excluding hydrogens is 344 g/mol. The lowest BCUT2D eigenvalue weighted by Gasteiger charge is -2.27. The molecule has 144 valence electrons. The molecule has 0 unspecified atom stereocenters. The van der Waals surface area contributed by atoms with E-state index >= 15 is 0 Å². The van der Waals surface area contributed by atoms with Crippen LogP contribution in [-0.4, -0.2) is 47.6 Å². The smallest absolute Gasteiger partial charge is 0.234 e. The number of carbonyl (C=O) groups is 1. The minimum atomic E-state index is 0.00709. The van der Waals surface area contributed by atoms with Crippen molar-refractivity contribution >= 4 is 5.91 Å². The number of rotatable bonds is 8. The van der Waals surface area contributed by atoms with Crippen molar-refractivity contribution in [3.8, 4) is 5.88 Å². The van der Waals surface area contributed by atoms with Crippen molar-refractivity contribution in [2.24, 2.45) is 0 Å². The van der Waals surface area contributed by atoms with Crippen LogP contribution in [0.2, 0.25) is 0 Å². The Kier molecular flexibility index (Phi) is 6.73. The lowest BCUT2D eigenvalue weighted by atomic mass is 10.1. The van der Waals surface area contributed by atoms with Crippen LogP contribution in [0.25, 0.3) is 0 Å². The zero-order chi connectivity index (χ0) is 19.1. The fraction of sp³-hybridized carbons (Fsp3) is 0.450. The van der Waals surface area contributed by atoms with Crippen LogP contribution in [0.4, 0.5) is 0 Å². The van der Waals surface area contributed by atoms with Gasteiger partial charge in [-0.1, -0.05) is 24.3 Å². The van der Waals surface area contributed by atoms with E-state index in [1.165, 1.54) is 6.33 Å². The molecule has 0 fully saturated rings. The molecule has 0 radical (unpaired) electrons. The van der Waals surface area contributed by atoms with Gasteiger partial charge in [-0.3, -0.25) is 9.69 Å². The lowest BCUT2D eigenvalue weighted by molar-refractivity contribution is -0.122. The molecule has 7 nitrogen and oxygen atoms in total. The molecule has 3 rings (SSSR count). The van der Waals surface area contributed by atoms with Gasteiger partial charge in [0.2, 0.25) is 11.8 Å². The zero-order valence-electron chi connectivity index (χ0n) is 15.9. The first kappa shape index (κ1) is 19.3. The van der Waals surface area contributed by atoms with E-state index in [-0.39, 0.29) is 5.91 Å². The summed E-state index contributed by atoms with van der Waals surface area (Å²) in [6, 6.07) is 8.11. The summed E-state index contributed by atoms with van der Waals surface area (Å²) in [5, 5.41) is 2.99. The van der Waals surface area contributed by atoms with E-state index in [9.17, 15) is 4.79 Å². The Morgan fingerprint density at radius 3 is 2.74 bits per heavy atom. The minimum absolute atomic E-state index is 0.00709. The molecule has 0 saturated carbocycles. The Bertz CT molecular complexity index is 750. The average Bonchev–Trinajstić information content (AvgIpc) is 2.71. The Morgan fingerprint density at radius 2 is 2.00 bits per heavy atom. The van der Waals surface area contributed by atoms with Crippen molar-refractivity contribution in [3.05, 3.63) is 53.0 Å². The summed E-state index contributed by atoms with van der Waals surface area (Å²) in [6.45, 7) is 5.59. The van der Waals surface area contributed by atoms with Crippen molar-refractivity contribution in [1.82, 2.24) is 20.2 Å². The van der Waals surface area contributed by atoms with Gasteiger partial charge in [-0.25, -0.2) is 9.97 Å². The van der Waals surface area contributed by atoms with Crippen molar-refractivity contribution in [1.29, 1.82) is 0 Å². The highest BCUT2D eigenvalue weighted by atomic mass is 16.5. The van der Waals surface area contributed by atoms with Gasteiger partial charge in [-0.2, -0.15) is 0 Å². The number of fused-ring (bicyclic) bond motifs is 1. The normalized spacial score (nSPS) is 13.9. The van der Waals surface area contributed by atoms with Crippen molar-refractivity contribution in [2.75, 3.05) is 26.8 Å². The molecule has 1 aliphatic rings. The highest BCUT2D eigenvalue weighted by Crippen LogP contribution is 2.23. The number of amides is 1. The Balaban J connectivity index is 1.48. The molecule has 27 heavy (non-hydrogen) atoms. The van der Waals surface area contributed by atoms with Crippen LogP contribution in [-0.2, 0) is 35.6 Å². The summed E-state index contributed by atoms with van der Waals surface area (Å²) in [5.74, 6) is 0.602.